The summed E-state index contributed by atoms with van der Waals surface area (Å²) in [5, 5.41) is 0. The molecule has 0 spiro atoms. The number of hydrogen-bond donors (Lipinski definition) is 0. The lowest BCUT2D eigenvalue weighted by Gasteiger charge is -1.98. The summed E-state index contributed by atoms with van der Waals surface area (Å²) in [6.07, 6.45) is 3.43. The van der Waals surface area contributed by atoms with Crippen molar-refractivity contribution in [1.82, 2.24) is 0 Å². The van der Waals surface area contributed by atoms with E-state index < -0.39 is 0 Å². The zero-order valence-corrected chi connectivity index (χ0v) is 9.02. The molecule has 0 heteroatoms. The van der Waals surface area contributed by atoms with Crippen molar-refractivity contribution < 1.29 is 0 Å². The van der Waals surface area contributed by atoms with E-state index in [1.165, 1.54) is 22.3 Å². The Labute approximate surface area is 81.3 Å². The number of fused-ring (bicyclic) bond motifs is 1. The van der Waals surface area contributed by atoms with Gasteiger partial charge in [-0.3, -0.25) is 0 Å². The maximum absolute atomic E-state index is 2.28. The van der Waals surface area contributed by atoms with E-state index >= 15 is 0 Å². The molecule has 0 amide bonds. The van der Waals surface area contributed by atoms with E-state index in [0.717, 1.165) is 6.42 Å². The van der Waals surface area contributed by atoms with Gasteiger partial charge in [-0.25, -0.2) is 0 Å². The molecule has 0 nitrogen and oxygen atoms in total. The minimum Gasteiger partial charge on any atom is -0.0683 e. The highest BCUT2D eigenvalue weighted by atomic mass is 14.1. The van der Waals surface area contributed by atoms with Gasteiger partial charge in [0.05, 0.1) is 0 Å². The van der Waals surface area contributed by atoms with Gasteiger partial charge >= 0.3 is 0 Å². The third-order valence-electron chi connectivity index (χ3n) is 2.17. The topological polar surface area (TPSA) is 0 Å². The van der Waals surface area contributed by atoms with E-state index in [4.69, 9.17) is 0 Å². The molecule has 1 aliphatic rings. The lowest BCUT2D eigenvalue weighted by atomic mass is 10.1. The molecule has 1 aliphatic carbocycles. The molecule has 0 aliphatic heterocycles. The number of benzene rings is 1. The zero-order chi connectivity index (χ0) is 9.84. The van der Waals surface area contributed by atoms with Gasteiger partial charge in [0.25, 0.3) is 0 Å². The Bertz CT molecular complexity index is 319. The van der Waals surface area contributed by atoms with Crippen molar-refractivity contribution in [2.75, 3.05) is 0 Å². The molecule has 0 saturated heterocycles. The van der Waals surface area contributed by atoms with Gasteiger partial charge in [-0.05, 0) is 31.4 Å². The van der Waals surface area contributed by atoms with Crippen molar-refractivity contribution in [3.05, 3.63) is 40.5 Å². The highest BCUT2D eigenvalue weighted by Gasteiger charge is 2.07. The third-order valence-corrected chi connectivity index (χ3v) is 2.17. The molecule has 0 aromatic heterocycles. The van der Waals surface area contributed by atoms with E-state index in [-0.39, 0.29) is 0 Å². The predicted octanol–water partition coefficient (Wildman–Crippen LogP) is 3.98. The van der Waals surface area contributed by atoms with Crippen LogP contribution in [0.25, 0.3) is 6.08 Å². The van der Waals surface area contributed by atoms with Crippen molar-refractivity contribution in [2.24, 2.45) is 0 Å². The van der Waals surface area contributed by atoms with Gasteiger partial charge in [-0.2, -0.15) is 0 Å². The van der Waals surface area contributed by atoms with E-state index in [1.54, 1.807) is 0 Å². The molecule has 13 heavy (non-hydrogen) atoms. The number of hydrogen-bond acceptors (Lipinski definition) is 0. The fourth-order valence-electron chi connectivity index (χ4n) is 1.63. The SMILES string of the molecule is CC.CC1=Cc2cc(C)ccc2C1. The quantitative estimate of drug-likeness (QED) is 0.558. The molecule has 0 bridgehead atoms. The highest BCUT2D eigenvalue weighted by molar-refractivity contribution is 5.63. The van der Waals surface area contributed by atoms with Gasteiger partial charge < -0.3 is 0 Å². The molecule has 0 fully saturated rings. The summed E-state index contributed by atoms with van der Waals surface area (Å²) in [6.45, 7) is 8.33. The molecule has 0 saturated carbocycles. The Kier molecular flexibility index (Phi) is 3.30. The van der Waals surface area contributed by atoms with Gasteiger partial charge in [0.15, 0.2) is 0 Å². The lowest BCUT2D eigenvalue weighted by Crippen LogP contribution is -1.82. The van der Waals surface area contributed by atoms with Crippen LogP contribution in [0.1, 0.15) is 37.5 Å². The first kappa shape index (κ1) is 10.0. The second kappa shape index (κ2) is 4.27. The summed E-state index contributed by atoms with van der Waals surface area (Å²) in [4.78, 5) is 0. The van der Waals surface area contributed by atoms with E-state index in [9.17, 15) is 0 Å². The molecule has 70 valence electrons. The van der Waals surface area contributed by atoms with E-state index in [1.807, 2.05) is 13.8 Å². The van der Waals surface area contributed by atoms with Crippen LogP contribution < -0.4 is 0 Å². The molecule has 0 unspecified atom stereocenters. The van der Waals surface area contributed by atoms with Gasteiger partial charge in [0, 0.05) is 0 Å². The zero-order valence-electron chi connectivity index (χ0n) is 9.02. The fourth-order valence-corrected chi connectivity index (χ4v) is 1.63. The van der Waals surface area contributed by atoms with Crippen LogP contribution in [-0.2, 0) is 6.42 Å². The van der Waals surface area contributed by atoms with Crippen LogP contribution in [0.4, 0.5) is 0 Å². The predicted molar refractivity (Wildman–Crippen MR) is 59.9 cm³/mol. The molecule has 0 radical (unpaired) electrons. The van der Waals surface area contributed by atoms with Crippen molar-refractivity contribution in [2.45, 2.75) is 34.1 Å². The van der Waals surface area contributed by atoms with Crippen molar-refractivity contribution in [3.63, 3.8) is 0 Å². The molecule has 0 N–H and O–H groups in total. The maximum atomic E-state index is 2.28. The molecule has 0 atom stereocenters. The molecule has 0 heterocycles. The standard InChI is InChI=1S/C11H12.C2H6/c1-8-3-4-10-6-9(2)7-11(10)5-8;1-2/h3-5,7H,6H2,1-2H3;1-2H3. The molecular weight excluding hydrogens is 156 g/mol. The van der Waals surface area contributed by atoms with E-state index in [0.29, 0.717) is 0 Å². The van der Waals surface area contributed by atoms with Crippen LogP contribution in [-0.4, -0.2) is 0 Å². The Morgan fingerprint density at radius 2 is 1.77 bits per heavy atom. The normalized spacial score (nSPS) is 12.8. The Balaban J connectivity index is 0.000000396. The van der Waals surface area contributed by atoms with Crippen molar-refractivity contribution in [3.8, 4) is 0 Å². The van der Waals surface area contributed by atoms with Gasteiger partial charge in [-0.1, -0.05) is 49.3 Å². The first-order valence-corrected chi connectivity index (χ1v) is 5.02. The summed E-state index contributed by atoms with van der Waals surface area (Å²) < 4.78 is 0. The average Bonchev–Trinajstić information content (AvgIpc) is 2.48. The van der Waals surface area contributed by atoms with Gasteiger partial charge in [-0.15, -0.1) is 0 Å². The smallest absolute Gasteiger partial charge is 0.00606 e. The van der Waals surface area contributed by atoms with Gasteiger partial charge in [0.2, 0.25) is 0 Å². The monoisotopic (exact) mass is 174 g/mol. The summed E-state index contributed by atoms with van der Waals surface area (Å²) in [5.74, 6) is 0. The number of aryl methyl sites for hydroxylation is 1. The molecular formula is C13H18. The Morgan fingerprint density at radius 1 is 1.08 bits per heavy atom. The third kappa shape index (κ3) is 2.21. The second-order valence-corrected chi connectivity index (χ2v) is 3.37. The molecule has 1 aromatic rings. The average molecular weight is 174 g/mol. The Morgan fingerprint density at radius 3 is 2.46 bits per heavy atom. The fraction of sp³-hybridized carbons (Fsp3) is 0.385. The summed E-state index contributed by atoms with van der Waals surface area (Å²) in [7, 11) is 0. The van der Waals surface area contributed by atoms with Crippen LogP contribution in [0.15, 0.2) is 23.8 Å². The number of allylic oxidation sites excluding steroid dienone is 1. The first-order valence-electron chi connectivity index (χ1n) is 5.02. The van der Waals surface area contributed by atoms with Crippen LogP contribution in [0, 0.1) is 6.92 Å². The minimum atomic E-state index is 1.15. The van der Waals surface area contributed by atoms with Crippen LogP contribution >= 0.6 is 0 Å². The minimum absolute atomic E-state index is 1.15. The summed E-state index contributed by atoms with van der Waals surface area (Å²) in [5.41, 5.74) is 5.73. The largest absolute Gasteiger partial charge is 0.0683 e. The van der Waals surface area contributed by atoms with Crippen LogP contribution in [0.5, 0.6) is 0 Å². The number of rotatable bonds is 0. The summed E-state index contributed by atoms with van der Waals surface area (Å²) >= 11 is 0. The highest BCUT2D eigenvalue weighted by Crippen LogP contribution is 2.24. The second-order valence-electron chi connectivity index (χ2n) is 3.37. The van der Waals surface area contributed by atoms with Crippen molar-refractivity contribution >= 4 is 6.08 Å². The first-order chi connectivity index (χ1) is 6.25. The Hall–Kier alpha value is -1.04. The van der Waals surface area contributed by atoms with Gasteiger partial charge in [0.1, 0.15) is 0 Å². The summed E-state index contributed by atoms with van der Waals surface area (Å²) in [6, 6.07) is 6.68. The maximum Gasteiger partial charge on any atom is -0.00606 e. The lowest BCUT2D eigenvalue weighted by molar-refractivity contribution is 1.19. The molecule has 1 aromatic carbocycles. The molecule has 2 rings (SSSR count). The van der Waals surface area contributed by atoms with Crippen molar-refractivity contribution in [1.29, 1.82) is 0 Å². The van der Waals surface area contributed by atoms with Crippen LogP contribution in [0.3, 0.4) is 0 Å². The van der Waals surface area contributed by atoms with E-state index in [2.05, 4.69) is 38.1 Å². The van der Waals surface area contributed by atoms with Crippen LogP contribution in [0.2, 0.25) is 0 Å².